The zero-order chi connectivity index (χ0) is 22.3. The number of nitrogens with two attached hydrogens (primary N) is 1. The van der Waals surface area contributed by atoms with Gasteiger partial charge in [0.05, 0.1) is 17.0 Å². The number of benzene rings is 1. The molecule has 1 aliphatic carbocycles. The van der Waals surface area contributed by atoms with E-state index in [-0.39, 0.29) is 21.0 Å². The maximum Gasteiger partial charge on any atom is 0.416 e. The van der Waals surface area contributed by atoms with Gasteiger partial charge in [-0.2, -0.15) is 13.2 Å². The molecule has 2 aromatic heterocycles. The molecule has 2 N–H and O–H groups in total. The Hall–Kier alpha value is -2.59. The summed E-state index contributed by atoms with van der Waals surface area (Å²) in [5.74, 6) is -0.579. The summed E-state index contributed by atoms with van der Waals surface area (Å²) in [6, 6.07) is 6.81. The first-order valence-corrected chi connectivity index (χ1v) is 11.0. The zero-order valence-corrected chi connectivity index (χ0v) is 18.6. The average Bonchev–Trinajstić information content (AvgIpc) is 3.31. The first-order chi connectivity index (χ1) is 14.6. The van der Waals surface area contributed by atoms with Gasteiger partial charge in [-0.15, -0.1) is 11.3 Å². The lowest BCUT2D eigenvalue weighted by Crippen LogP contribution is -2.15. The number of nitrogens with zero attached hydrogens (tertiary/aromatic N) is 2. The number of ether oxygens (including phenoxy) is 1. The summed E-state index contributed by atoms with van der Waals surface area (Å²) in [6.07, 6.45) is 0.818. The van der Waals surface area contributed by atoms with Crippen molar-refractivity contribution in [1.82, 2.24) is 9.55 Å². The van der Waals surface area contributed by atoms with Gasteiger partial charge in [-0.05, 0) is 19.1 Å². The molecule has 10 heteroatoms. The summed E-state index contributed by atoms with van der Waals surface area (Å²) in [5, 5.41) is 0.631. The number of imidazole rings is 1. The molecular weight excluding hydrogens is 495 g/mol. The number of fused-ring (bicyclic) bond motifs is 1. The van der Waals surface area contributed by atoms with Gasteiger partial charge >= 0.3 is 6.18 Å². The number of carbonyl (C=O) groups excluding carboxylic acids is 1. The SMILES string of the molecule is CC(Oc1cc(-n2cnc3c2C=CC(Br)C3)sc1C(N)=O)c1ccccc1C(F)(F)F. The van der Waals surface area contributed by atoms with Crippen molar-refractivity contribution in [3.63, 3.8) is 0 Å². The summed E-state index contributed by atoms with van der Waals surface area (Å²) < 4.78 is 47.8. The van der Waals surface area contributed by atoms with Crippen LogP contribution in [0.4, 0.5) is 13.2 Å². The molecule has 0 fully saturated rings. The number of allylic oxidation sites excluding steroid dienone is 1. The number of hydrogen-bond acceptors (Lipinski definition) is 4. The number of rotatable bonds is 5. The van der Waals surface area contributed by atoms with Crippen LogP contribution < -0.4 is 10.5 Å². The molecule has 162 valence electrons. The van der Waals surface area contributed by atoms with E-state index >= 15 is 0 Å². The van der Waals surface area contributed by atoms with Crippen LogP contribution in [-0.4, -0.2) is 20.3 Å². The minimum atomic E-state index is -4.52. The third-order valence-corrected chi connectivity index (χ3v) is 6.65. The highest BCUT2D eigenvalue weighted by Crippen LogP contribution is 2.39. The van der Waals surface area contributed by atoms with Crippen molar-refractivity contribution < 1.29 is 22.7 Å². The Morgan fingerprint density at radius 1 is 1.39 bits per heavy atom. The number of amides is 1. The molecule has 5 nitrogen and oxygen atoms in total. The summed E-state index contributed by atoms with van der Waals surface area (Å²) in [7, 11) is 0. The highest BCUT2D eigenvalue weighted by Gasteiger charge is 2.35. The minimum Gasteiger partial charge on any atom is -0.484 e. The molecular formula is C21H17BrF3N3O2S. The van der Waals surface area contributed by atoms with Gasteiger partial charge in [0.25, 0.3) is 5.91 Å². The van der Waals surface area contributed by atoms with Gasteiger partial charge in [0, 0.05) is 22.9 Å². The molecule has 0 radical (unpaired) electrons. The number of halogens is 4. The van der Waals surface area contributed by atoms with E-state index in [1.54, 1.807) is 12.4 Å². The quantitative estimate of drug-likeness (QED) is 0.458. The van der Waals surface area contributed by atoms with Gasteiger partial charge in [0.15, 0.2) is 0 Å². The zero-order valence-electron chi connectivity index (χ0n) is 16.2. The van der Waals surface area contributed by atoms with Gasteiger partial charge < -0.3 is 10.5 Å². The van der Waals surface area contributed by atoms with E-state index in [0.29, 0.717) is 5.00 Å². The minimum absolute atomic E-state index is 0.0236. The van der Waals surface area contributed by atoms with Crippen molar-refractivity contribution >= 4 is 39.2 Å². The van der Waals surface area contributed by atoms with Crippen molar-refractivity contribution in [2.75, 3.05) is 0 Å². The first kappa shape index (κ1) is 21.6. The van der Waals surface area contributed by atoms with Gasteiger partial charge in [0.1, 0.15) is 28.1 Å². The molecule has 0 aliphatic heterocycles. The Labute approximate surface area is 188 Å². The summed E-state index contributed by atoms with van der Waals surface area (Å²) in [5.41, 5.74) is 6.48. The van der Waals surface area contributed by atoms with Crippen LogP contribution in [0.25, 0.3) is 11.1 Å². The lowest BCUT2D eigenvalue weighted by atomic mass is 10.0. The highest BCUT2D eigenvalue weighted by molar-refractivity contribution is 9.09. The number of hydrogen-bond donors (Lipinski definition) is 1. The number of thiophene rings is 1. The second-order valence-electron chi connectivity index (χ2n) is 7.01. The molecule has 3 aromatic rings. The Kier molecular flexibility index (Phi) is 5.69. The highest BCUT2D eigenvalue weighted by atomic mass is 79.9. The van der Waals surface area contributed by atoms with Gasteiger partial charge in [0.2, 0.25) is 0 Å². The number of alkyl halides is 4. The largest absolute Gasteiger partial charge is 0.484 e. The summed E-state index contributed by atoms with van der Waals surface area (Å²) in [4.78, 5) is 16.8. The van der Waals surface area contributed by atoms with Crippen LogP contribution >= 0.6 is 27.3 Å². The van der Waals surface area contributed by atoms with Crippen molar-refractivity contribution in [2.24, 2.45) is 5.73 Å². The fraction of sp³-hybridized carbons (Fsp3) is 0.238. The lowest BCUT2D eigenvalue weighted by molar-refractivity contribution is -0.138. The van der Waals surface area contributed by atoms with E-state index in [0.717, 1.165) is 35.2 Å². The van der Waals surface area contributed by atoms with Crippen LogP contribution in [0.1, 0.15) is 45.2 Å². The summed E-state index contributed by atoms with van der Waals surface area (Å²) in [6.45, 7) is 1.50. The lowest BCUT2D eigenvalue weighted by Gasteiger charge is -2.19. The molecule has 2 heterocycles. The maximum atomic E-state index is 13.4. The van der Waals surface area contributed by atoms with E-state index in [1.807, 2.05) is 16.7 Å². The number of aromatic nitrogens is 2. The number of carbonyl (C=O) groups is 1. The molecule has 0 bridgehead atoms. The smallest absolute Gasteiger partial charge is 0.416 e. The second-order valence-corrected chi connectivity index (χ2v) is 9.22. The molecule has 2 atom stereocenters. The first-order valence-electron chi connectivity index (χ1n) is 9.30. The van der Waals surface area contributed by atoms with E-state index in [4.69, 9.17) is 10.5 Å². The van der Waals surface area contributed by atoms with Crippen LogP contribution in [0.3, 0.4) is 0 Å². The van der Waals surface area contributed by atoms with E-state index in [1.165, 1.54) is 25.1 Å². The number of primary amides is 1. The maximum absolute atomic E-state index is 13.4. The van der Waals surface area contributed by atoms with Crippen LogP contribution in [0.15, 0.2) is 42.7 Å². The normalized spacial score (nSPS) is 16.7. The van der Waals surface area contributed by atoms with Crippen LogP contribution in [-0.2, 0) is 12.6 Å². The Balaban J connectivity index is 1.70. The van der Waals surface area contributed by atoms with Gasteiger partial charge in [-0.3, -0.25) is 9.36 Å². The van der Waals surface area contributed by atoms with E-state index < -0.39 is 23.8 Å². The van der Waals surface area contributed by atoms with Crippen molar-refractivity contribution in [1.29, 1.82) is 0 Å². The monoisotopic (exact) mass is 511 g/mol. The molecule has 0 spiro atoms. The molecule has 1 aromatic carbocycles. The Morgan fingerprint density at radius 3 is 2.84 bits per heavy atom. The molecule has 2 unspecified atom stereocenters. The topological polar surface area (TPSA) is 70.1 Å². The van der Waals surface area contributed by atoms with Gasteiger partial charge in [-0.1, -0.05) is 40.2 Å². The predicted molar refractivity (Wildman–Crippen MR) is 116 cm³/mol. The average molecular weight is 512 g/mol. The molecule has 0 saturated carbocycles. The predicted octanol–water partition coefficient (Wildman–Crippen LogP) is 5.52. The van der Waals surface area contributed by atoms with E-state index in [9.17, 15) is 18.0 Å². The van der Waals surface area contributed by atoms with Crippen molar-refractivity contribution in [3.05, 3.63) is 70.1 Å². The second kappa shape index (κ2) is 8.16. The molecule has 31 heavy (non-hydrogen) atoms. The molecule has 4 rings (SSSR count). The van der Waals surface area contributed by atoms with E-state index in [2.05, 4.69) is 20.9 Å². The molecule has 0 saturated heterocycles. The molecule has 1 amide bonds. The van der Waals surface area contributed by atoms with Crippen LogP contribution in [0.5, 0.6) is 5.75 Å². The fourth-order valence-electron chi connectivity index (χ4n) is 3.46. The Bertz CT molecular complexity index is 1170. The third kappa shape index (κ3) is 4.27. The van der Waals surface area contributed by atoms with Crippen molar-refractivity contribution in [3.8, 4) is 10.8 Å². The fourth-order valence-corrected chi connectivity index (χ4v) is 4.84. The van der Waals surface area contributed by atoms with Crippen LogP contribution in [0, 0.1) is 0 Å². The van der Waals surface area contributed by atoms with Crippen molar-refractivity contribution in [2.45, 2.75) is 30.5 Å². The molecule has 1 aliphatic rings. The third-order valence-electron chi connectivity index (χ3n) is 4.89. The van der Waals surface area contributed by atoms with Crippen LogP contribution in [0.2, 0.25) is 0 Å². The summed E-state index contributed by atoms with van der Waals surface area (Å²) >= 11 is 4.63. The van der Waals surface area contributed by atoms with Gasteiger partial charge in [-0.25, -0.2) is 4.98 Å². The Morgan fingerprint density at radius 2 is 2.13 bits per heavy atom. The standard InChI is InChI=1S/C21H17BrF3N3O2S/c1-11(13-4-2-3-5-14(13)21(23,24)25)30-17-9-18(31-19(17)20(26)29)28-10-27-15-8-12(22)6-7-16(15)28/h2-7,9-12H,8H2,1H3,(H2,26,29).